The minimum absolute atomic E-state index is 0.0397. The Balaban J connectivity index is 1.37. The quantitative estimate of drug-likeness (QED) is 0.482. The molecule has 1 N–H and O–H groups in total. The van der Waals surface area contributed by atoms with Gasteiger partial charge in [0.25, 0.3) is 0 Å². The van der Waals surface area contributed by atoms with E-state index in [0.29, 0.717) is 12.5 Å². The Hall–Kier alpha value is -1.81. The normalized spacial score (nSPS) is 20.8. The number of carbonyl (C=O) groups is 1. The van der Waals surface area contributed by atoms with Crippen molar-refractivity contribution in [1.29, 1.82) is 0 Å². The maximum absolute atomic E-state index is 13.8. The van der Waals surface area contributed by atoms with Crippen molar-refractivity contribution in [2.45, 2.75) is 62.2 Å². The van der Waals surface area contributed by atoms with Crippen molar-refractivity contribution in [1.82, 2.24) is 24.3 Å². The number of nitrogens with zero attached hydrogens (tertiary/aromatic N) is 5. The number of likely N-dealkylation sites (tertiary alicyclic amines) is 1. The summed E-state index contributed by atoms with van der Waals surface area (Å²) in [6.07, 6.45) is 9.74. The molecule has 0 radical (unpaired) electrons. The molecule has 7 nitrogen and oxygen atoms in total. The van der Waals surface area contributed by atoms with Crippen molar-refractivity contribution in [2.75, 3.05) is 31.1 Å². The van der Waals surface area contributed by atoms with Crippen molar-refractivity contribution in [3.05, 3.63) is 36.2 Å². The number of nitrogens with one attached hydrogen (secondary N) is 1. The highest BCUT2D eigenvalue weighted by Gasteiger charge is 2.39. The molecular formula is C25H36N6OS2. The number of hydrogen-bond donors (Lipinski definition) is 1. The van der Waals surface area contributed by atoms with Crippen LogP contribution in [0.2, 0.25) is 0 Å². The van der Waals surface area contributed by atoms with Crippen LogP contribution in [-0.2, 0) is 13.6 Å². The van der Waals surface area contributed by atoms with E-state index in [4.69, 9.17) is 0 Å². The van der Waals surface area contributed by atoms with Crippen LogP contribution in [0.4, 0.5) is 9.80 Å². The molecule has 1 aliphatic carbocycles. The summed E-state index contributed by atoms with van der Waals surface area (Å²) in [6.45, 7) is 13.6. The van der Waals surface area contributed by atoms with E-state index in [9.17, 15) is 4.79 Å². The SMILES string of the molecule is C=C1c2cc(SNC3(C)CC3)sc2N(CC2CCN(CCC)CC2)C(=O)N1Cc1cnn(C)c1. The second kappa shape index (κ2) is 9.68. The molecule has 4 heterocycles. The van der Waals surface area contributed by atoms with Gasteiger partial charge in [-0.1, -0.05) is 13.5 Å². The number of fused-ring (bicyclic) bond motifs is 1. The van der Waals surface area contributed by atoms with Gasteiger partial charge in [-0.05, 0) is 82.6 Å². The van der Waals surface area contributed by atoms with Gasteiger partial charge in [0.15, 0.2) is 0 Å². The maximum Gasteiger partial charge on any atom is 0.329 e. The number of urea groups is 1. The summed E-state index contributed by atoms with van der Waals surface area (Å²) >= 11 is 3.42. The van der Waals surface area contributed by atoms with Gasteiger partial charge in [0.05, 0.1) is 17.0 Å². The molecule has 0 atom stereocenters. The van der Waals surface area contributed by atoms with E-state index in [1.165, 1.54) is 30.0 Å². The van der Waals surface area contributed by atoms with Gasteiger partial charge in [0, 0.05) is 42.2 Å². The lowest BCUT2D eigenvalue weighted by Crippen LogP contribution is -2.48. The van der Waals surface area contributed by atoms with Crippen LogP contribution in [0, 0.1) is 5.92 Å². The van der Waals surface area contributed by atoms with Gasteiger partial charge in [-0.15, -0.1) is 11.3 Å². The first kappa shape index (κ1) is 23.9. The van der Waals surface area contributed by atoms with Crippen LogP contribution >= 0.6 is 23.3 Å². The van der Waals surface area contributed by atoms with Gasteiger partial charge in [0.2, 0.25) is 0 Å². The molecule has 184 valence electrons. The molecule has 2 aromatic heterocycles. The minimum atomic E-state index is 0.0397. The molecular weight excluding hydrogens is 464 g/mol. The fourth-order valence-electron chi connectivity index (χ4n) is 4.80. The van der Waals surface area contributed by atoms with E-state index in [2.05, 4.69) is 41.2 Å². The zero-order valence-corrected chi connectivity index (χ0v) is 22.2. The number of carbonyl (C=O) groups excluding carboxylic acids is 1. The topological polar surface area (TPSA) is 56.6 Å². The van der Waals surface area contributed by atoms with Crippen molar-refractivity contribution in [3.63, 3.8) is 0 Å². The van der Waals surface area contributed by atoms with E-state index in [1.54, 1.807) is 28.0 Å². The molecule has 0 spiro atoms. The Bertz CT molecular complexity index is 1050. The number of hydrogen-bond acceptors (Lipinski definition) is 6. The van der Waals surface area contributed by atoms with Crippen LogP contribution < -0.4 is 9.62 Å². The summed E-state index contributed by atoms with van der Waals surface area (Å²) < 4.78 is 6.59. The number of piperidine rings is 1. The first-order chi connectivity index (χ1) is 16.3. The third kappa shape index (κ3) is 5.08. The molecule has 0 unspecified atom stereocenters. The highest BCUT2D eigenvalue weighted by atomic mass is 32.2. The second-order valence-electron chi connectivity index (χ2n) is 10.3. The average molecular weight is 501 g/mol. The van der Waals surface area contributed by atoms with Crippen LogP contribution in [0.1, 0.15) is 57.1 Å². The summed E-state index contributed by atoms with van der Waals surface area (Å²) in [7, 11) is 1.90. The molecule has 2 amide bonds. The smallest absolute Gasteiger partial charge is 0.303 e. The summed E-state index contributed by atoms with van der Waals surface area (Å²) in [5.74, 6) is 0.526. The molecule has 0 bridgehead atoms. The summed E-state index contributed by atoms with van der Waals surface area (Å²) in [4.78, 5) is 20.3. The molecule has 1 saturated carbocycles. The predicted molar refractivity (Wildman–Crippen MR) is 141 cm³/mol. The van der Waals surface area contributed by atoms with Crippen molar-refractivity contribution in [3.8, 4) is 0 Å². The van der Waals surface area contributed by atoms with Crippen molar-refractivity contribution >= 4 is 40.0 Å². The van der Waals surface area contributed by atoms with Gasteiger partial charge in [-0.3, -0.25) is 19.2 Å². The third-order valence-corrected chi connectivity index (χ3v) is 9.58. The van der Waals surface area contributed by atoms with Crippen molar-refractivity contribution in [2.24, 2.45) is 13.0 Å². The maximum atomic E-state index is 13.8. The molecule has 2 aliphatic heterocycles. The lowest BCUT2D eigenvalue weighted by atomic mass is 9.95. The molecule has 2 fully saturated rings. The van der Waals surface area contributed by atoms with Crippen molar-refractivity contribution < 1.29 is 4.79 Å². The molecule has 2 aromatic rings. The van der Waals surface area contributed by atoms with Gasteiger partial charge in [-0.25, -0.2) is 4.79 Å². The van der Waals surface area contributed by atoms with Crippen LogP contribution in [-0.4, -0.2) is 57.3 Å². The summed E-state index contributed by atoms with van der Waals surface area (Å²) in [6, 6.07) is 2.25. The highest BCUT2D eigenvalue weighted by Crippen LogP contribution is 2.46. The lowest BCUT2D eigenvalue weighted by molar-refractivity contribution is 0.183. The monoisotopic (exact) mass is 500 g/mol. The van der Waals surface area contributed by atoms with Gasteiger partial charge < -0.3 is 4.90 Å². The van der Waals surface area contributed by atoms with E-state index >= 15 is 0 Å². The molecule has 3 aliphatic rings. The number of aryl methyl sites for hydroxylation is 1. The summed E-state index contributed by atoms with van der Waals surface area (Å²) in [5, 5.41) is 5.34. The Labute approximate surface area is 211 Å². The van der Waals surface area contributed by atoms with E-state index in [-0.39, 0.29) is 11.6 Å². The van der Waals surface area contributed by atoms with Gasteiger partial charge in [-0.2, -0.15) is 5.10 Å². The molecule has 5 rings (SSSR count). The minimum Gasteiger partial charge on any atom is -0.303 e. The van der Waals surface area contributed by atoms with Gasteiger partial charge in [0.1, 0.15) is 5.00 Å². The Morgan fingerprint density at radius 2 is 2.06 bits per heavy atom. The number of thiophene rings is 1. The Morgan fingerprint density at radius 3 is 2.71 bits per heavy atom. The first-order valence-corrected chi connectivity index (χ1v) is 14.0. The third-order valence-electron chi connectivity index (χ3n) is 7.22. The zero-order chi connectivity index (χ0) is 23.9. The molecule has 34 heavy (non-hydrogen) atoms. The largest absolute Gasteiger partial charge is 0.329 e. The fraction of sp³-hybridized carbons (Fsp3) is 0.600. The van der Waals surface area contributed by atoms with E-state index in [0.717, 1.165) is 54.3 Å². The van der Waals surface area contributed by atoms with Crippen LogP contribution in [0.3, 0.4) is 0 Å². The number of rotatable bonds is 9. The van der Waals surface area contributed by atoms with Crippen LogP contribution in [0.25, 0.3) is 5.70 Å². The lowest BCUT2D eigenvalue weighted by Gasteiger charge is -2.39. The van der Waals surface area contributed by atoms with Crippen LogP contribution in [0.5, 0.6) is 0 Å². The second-order valence-corrected chi connectivity index (χ2v) is 12.4. The Morgan fingerprint density at radius 1 is 1.29 bits per heavy atom. The molecule has 9 heteroatoms. The number of anilines is 1. The summed E-state index contributed by atoms with van der Waals surface area (Å²) in [5.41, 5.74) is 3.14. The molecule has 0 aromatic carbocycles. The predicted octanol–water partition coefficient (Wildman–Crippen LogP) is 5.17. The Kier molecular flexibility index (Phi) is 6.81. The average Bonchev–Trinajstić information content (AvgIpc) is 3.20. The van der Waals surface area contributed by atoms with E-state index in [1.807, 2.05) is 29.2 Å². The van der Waals surface area contributed by atoms with Gasteiger partial charge >= 0.3 is 6.03 Å². The van der Waals surface area contributed by atoms with E-state index < -0.39 is 0 Å². The van der Waals surface area contributed by atoms with Crippen LogP contribution in [0.15, 0.2) is 29.2 Å². The molecule has 1 saturated heterocycles. The first-order valence-electron chi connectivity index (χ1n) is 12.4. The zero-order valence-electron chi connectivity index (χ0n) is 20.5. The number of amides is 2. The highest BCUT2D eigenvalue weighted by molar-refractivity contribution is 7.99. The number of aromatic nitrogens is 2. The fourth-order valence-corrected chi connectivity index (χ4v) is 6.97. The standard InChI is InChI=1S/C25H36N6OS2/c1-5-10-29-11-6-19(7-12-29)16-31-23-21(13-22(33-23)34-27-25(3)8-9-25)18(2)30(24(31)32)17-20-14-26-28(4)15-20/h13-15,19,27H,2,5-12,16-17H2,1,3-4H3.